The van der Waals surface area contributed by atoms with Gasteiger partial charge in [0.2, 0.25) is 0 Å². The number of alkyl halides is 3. The molecule has 0 radical (unpaired) electrons. The number of likely N-dealkylation sites (tertiary alicyclic amines) is 1. The van der Waals surface area contributed by atoms with Crippen LogP contribution in [0.4, 0.5) is 13.2 Å². The molecule has 0 aromatic carbocycles. The number of hydrogen-bond donors (Lipinski definition) is 1. The zero-order valence-corrected chi connectivity index (χ0v) is 7.86. The molecule has 1 atom stereocenters. The highest BCUT2D eigenvalue weighted by Crippen LogP contribution is 2.25. The minimum atomic E-state index is -4.16. The minimum absolute atomic E-state index is 0.0124. The molecule has 1 rings (SSSR count). The summed E-state index contributed by atoms with van der Waals surface area (Å²) < 4.78 is 36.5. The van der Waals surface area contributed by atoms with Crippen LogP contribution in [0.3, 0.4) is 0 Å². The van der Waals surface area contributed by atoms with Crippen LogP contribution in [0.1, 0.15) is 20.3 Å². The molecule has 1 aliphatic rings. The molecule has 0 unspecified atom stereocenters. The Hall–Kier alpha value is -0.290. The summed E-state index contributed by atoms with van der Waals surface area (Å²) in [5.41, 5.74) is 0. The Labute approximate surface area is 76.1 Å². The molecule has 2 nitrogen and oxygen atoms in total. The Morgan fingerprint density at radius 3 is 2.38 bits per heavy atom. The summed E-state index contributed by atoms with van der Waals surface area (Å²) in [6.07, 6.45) is -3.58. The summed E-state index contributed by atoms with van der Waals surface area (Å²) in [4.78, 5) is 0.563. The first-order valence-corrected chi connectivity index (χ1v) is 4.47. The number of rotatable bonds is 2. The molecule has 1 saturated heterocycles. The standard InChI is InChI=1S/C8H15F3N2/c1-6(2)12-7-3-4-13(5-7)8(9,10)11/h6-7,12H,3-5H2,1-2H3/t7-/m0/s1. The fraction of sp³-hybridized carbons (Fsp3) is 1.00. The Balaban J connectivity index is 2.36. The lowest BCUT2D eigenvalue weighted by atomic mass is 10.2. The van der Waals surface area contributed by atoms with Crippen molar-refractivity contribution in [3.05, 3.63) is 0 Å². The van der Waals surface area contributed by atoms with E-state index >= 15 is 0 Å². The normalized spacial score (nSPS) is 25.8. The highest BCUT2D eigenvalue weighted by Gasteiger charge is 2.41. The van der Waals surface area contributed by atoms with E-state index in [0.717, 1.165) is 0 Å². The smallest absolute Gasteiger partial charge is 0.310 e. The molecule has 0 bridgehead atoms. The average Bonchev–Trinajstić information content (AvgIpc) is 2.32. The summed E-state index contributed by atoms with van der Waals surface area (Å²) in [5.74, 6) is 0. The molecule has 0 aliphatic carbocycles. The fourth-order valence-corrected chi connectivity index (χ4v) is 1.60. The van der Waals surface area contributed by atoms with E-state index < -0.39 is 6.30 Å². The van der Waals surface area contributed by atoms with Crippen molar-refractivity contribution in [3.63, 3.8) is 0 Å². The summed E-state index contributed by atoms with van der Waals surface area (Å²) in [6.45, 7) is 4.09. The van der Waals surface area contributed by atoms with Crippen molar-refractivity contribution >= 4 is 0 Å². The van der Waals surface area contributed by atoms with E-state index in [4.69, 9.17) is 0 Å². The Kier molecular flexibility index (Phi) is 3.18. The largest absolute Gasteiger partial charge is 0.459 e. The molecule has 0 aromatic rings. The van der Waals surface area contributed by atoms with Crippen molar-refractivity contribution in [2.45, 2.75) is 38.7 Å². The van der Waals surface area contributed by atoms with Crippen LogP contribution in [0.2, 0.25) is 0 Å². The predicted octanol–water partition coefficient (Wildman–Crippen LogP) is 1.58. The van der Waals surface area contributed by atoms with Gasteiger partial charge in [-0.15, -0.1) is 0 Å². The highest BCUT2D eigenvalue weighted by molar-refractivity contribution is 4.82. The van der Waals surface area contributed by atoms with Crippen LogP contribution in [0.25, 0.3) is 0 Å². The monoisotopic (exact) mass is 196 g/mol. The maximum absolute atomic E-state index is 12.2. The Morgan fingerprint density at radius 1 is 1.38 bits per heavy atom. The summed E-state index contributed by atoms with van der Waals surface area (Å²) in [5, 5.41) is 3.10. The third-order valence-electron chi connectivity index (χ3n) is 2.12. The van der Waals surface area contributed by atoms with Gasteiger partial charge in [-0.25, -0.2) is 4.90 Å². The first-order valence-electron chi connectivity index (χ1n) is 4.47. The first-order chi connectivity index (χ1) is 5.89. The number of nitrogens with zero attached hydrogens (tertiary/aromatic N) is 1. The summed E-state index contributed by atoms with van der Waals surface area (Å²) in [7, 11) is 0. The predicted molar refractivity (Wildman–Crippen MR) is 44.3 cm³/mol. The number of nitrogens with one attached hydrogen (secondary N) is 1. The van der Waals surface area contributed by atoms with Crippen molar-refractivity contribution < 1.29 is 13.2 Å². The van der Waals surface area contributed by atoms with Gasteiger partial charge in [0.05, 0.1) is 0 Å². The van der Waals surface area contributed by atoms with Crippen LogP contribution in [0, 0.1) is 0 Å². The topological polar surface area (TPSA) is 15.3 Å². The van der Waals surface area contributed by atoms with Gasteiger partial charge in [-0.1, -0.05) is 13.8 Å². The van der Waals surface area contributed by atoms with Crippen molar-refractivity contribution in [2.75, 3.05) is 13.1 Å². The molecule has 1 heterocycles. The van der Waals surface area contributed by atoms with Crippen LogP contribution >= 0.6 is 0 Å². The van der Waals surface area contributed by atoms with Gasteiger partial charge in [0.1, 0.15) is 0 Å². The molecular formula is C8H15F3N2. The van der Waals surface area contributed by atoms with Gasteiger partial charge in [0.15, 0.2) is 0 Å². The first kappa shape index (κ1) is 10.8. The van der Waals surface area contributed by atoms with Crippen LogP contribution in [0.5, 0.6) is 0 Å². The van der Waals surface area contributed by atoms with E-state index in [-0.39, 0.29) is 25.2 Å². The van der Waals surface area contributed by atoms with Gasteiger partial charge >= 0.3 is 6.30 Å². The SMILES string of the molecule is CC(C)N[C@H]1CCN(C(F)(F)F)C1. The van der Waals surface area contributed by atoms with Crippen molar-refractivity contribution in [1.82, 2.24) is 10.2 Å². The third kappa shape index (κ3) is 3.15. The molecule has 0 amide bonds. The van der Waals surface area contributed by atoms with Gasteiger partial charge in [0, 0.05) is 25.2 Å². The molecule has 78 valence electrons. The lowest BCUT2D eigenvalue weighted by molar-refractivity contribution is -0.238. The maximum Gasteiger partial charge on any atom is 0.459 e. The molecule has 1 aliphatic heterocycles. The molecule has 0 saturated carbocycles. The van der Waals surface area contributed by atoms with Crippen LogP contribution < -0.4 is 5.32 Å². The van der Waals surface area contributed by atoms with Crippen LogP contribution in [-0.2, 0) is 0 Å². The molecule has 1 fully saturated rings. The van der Waals surface area contributed by atoms with E-state index in [0.29, 0.717) is 11.3 Å². The molecule has 1 N–H and O–H groups in total. The maximum atomic E-state index is 12.2. The van der Waals surface area contributed by atoms with Crippen LogP contribution in [0.15, 0.2) is 0 Å². The second-order valence-electron chi connectivity index (χ2n) is 3.72. The van der Waals surface area contributed by atoms with Gasteiger partial charge in [-0.05, 0) is 6.42 Å². The highest BCUT2D eigenvalue weighted by atomic mass is 19.4. The van der Waals surface area contributed by atoms with Crippen molar-refractivity contribution in [1.29, 1.82) is 0 Å². The quantitative estimate of drug-likeness (QED) is 0.674. The van der Waals surface area contributed by atoms with Gasteiger partial charge < -0.3 is 5.32 Å². The molecule has 5 heteroatoms. The molecular weight excluding hydrogens is 181 g/mol. The van der Waals surface area contributed by atoms with E-state index in [9.17, 15) is 13.2 Å². The van der Waals surface area contributed by atoms with E-state index in [1.807, 2.05) is 13.8 Å². The number of halogens is 3. The fourth-order valence-electron chi connectivity index (χ4n) is 1.60. The zero-order valence-electron chi connectivity index (χ0n) is 7.86. The third-order valence-corrected chi connectivity index (χ3v) is 2.12. The average molecular weight is 196 g/mol. The van der Waals surface area contributed by atoms with Gasteiger partial charge in [-0.2, -0.15) is 13.2 Å². The number of hydrogen-bond acceptors (Lipinski definition) is 2. The lowest BCUT2D eigenvalue weighted by Gasteiger charge is -2.20. The van der Waals surface area contributed by atoms with Crippen LogP contribution in [-0.4, -0.2) is 36.4 Å². The Bertz CT molecular complexity index is 167. The van der Waals surface area contributed by atoms with Crippen molar-refractivity contribution in [3.8, 4) is 0 Å². The van der Waals surface area contributed by atoms with E-state index in [1.165, 1.54) is 0 Å². The molecule has 0 spiro atoms. The second-order valence-corrected chi connectivity index (χ2v) is 3.72. The summed E-state index contributed by atoms with van der Waals surface area (Å²) >= 11 is 0. The van der Waals surface area contributed by atoms with Gasteiger partial charge in [0.25, 0.3) is 0 Å². The molecule has 0 aromatic heterocycles. The van der Waals surface area contributed by atoms with Gasteiger partial charge in [-0.3, -0.25) is 0 Å². The minimum Gasteiger partial charge on any atom is -0.310 e. The zero-order chi connectivity index (χ0) is 10.1. The van der Waals surface area contributed by atoms with E-state index in [2.05, 4.69) is 5.32 Å². The summed E-state index contributed by atoms with van der Waals surface area (Å²) in [6, 6.07) is 0.236. The second kappa shape index (κ2) is 3.84. The lowest BCUT2D eigenvalue weighted by Crippen LogP contribution is -2.41. The molecule has 13 heavy (non-hydrogen) atoms. The van der Waals surface area contributed by atoms with Crippen molar-refractivity contribution in [2.24, 2.45) is 0 Å². The van der Waals surface area contributed by atoms with E-state index in [1.54, 1.807) is 0 Å². The Morgan fingerprint density at radius 2 is 2.00 bits per heavy atom.